The highest BCUT2D eigenvalue weighted by Gasteiger charge is 2.17. The Bertz CT molecular complexity index is 381. The predicted octanol–water partition coefficient (Wildman–Crippen LogP) is 1.62. The Balaban J connectivity index is 0.000000720. The first-order valence-corrected chi connectivity index (χ1v) is 5.25. The SMILES string of the molecule is Cl.Cn1c2cssc-2c(N)c1=O. The second kappa shape index (κ2) is 3.08. The van der Waals surface area contributed by atoms with Gasteiger partial charge in [0.05, 0.1) is 10.6 Å². The molecule has 2 heterocycles. The number of aromatic nitrogens is 1. The monoisotopic (exact) mass is 222 g/mol. The fraction of sp³-hybridized carbons (Fsp3) is 0.167. The van der Waals surface area contributed by atoms with Crippen LogP contribution >= 0.6 is 33.1 Å². The molecule has 2 N–H and O–H groups in total. The molecule has 2 rings (SSSR count). The van der Waals surface area contributed by atoms with E-state index in [4.69, 9.17) is 5.73 Å². The van der Waals surface area contributed by atoms with Crippen LogP contribution in [0, 0.1) is 0 Å². The average Bonchev–Trinajstić information content (AvgIpc) is 2.53. The second-order valence-electron chi connectivity index (χ2n) is 2.29. The molecular weight excluding hydrogens is 216 g/mol. The molecule has 2 aliphatic heterocycles. The van der Waals surface area contributed by atoms with Gasteiger partial charge in [-0.15, -0.1) is 12.4 Å². The number of nitrogens with two attached hydrogens (primary N) is 1. The summed E-state index contributed by atoms with van der Waals surface area (Å²) in [7, 11) is 4.88. The van der Waals surface area contributed by atoms with Crippen LogP contribution in [0.4, 0.5) is 5.69 Å². The lowest BCUT2D eigenvalue weighted by Crippen LogP contribution is -2.12. The molecule has 12 heavy (non-hydrogen) atoms. The molecule has 0 fully saturated rings. The number of rotatable bonds is 0. The minimum atomic E-state index is -0.0842. The summed E-state index contributed by atoms with van der Waals surface area (Å²) in [4.78, 5) is 12.1. The number of hydrogen-bond donors (Lipinski definition) is 1. The minimum absolute atomic E-state index is 0. The topological polar surface area (TPSA) is 48.0 Å². The van der Waals surface area contributed by atoms with Crippen LogP contribution in [-0.4, -0.2) is 4.57 Å². The maximum atomic E-state index is 11.2. The third-order valence-corrected chi connectivity index (χ3v) is 3.75. The summed E-state index contributed by atoms with van der Waals surface area (Å²) >= 11 is 0. The summed E-state index contributed by atoms with van der Waals surface area (Å²) in [5.41, 5.74) is 6.81. The fourth-order valence-corrected chi connectivity index (χ4v) is 3.29. The lowest BCUT2D eigenvalue weighted by Gasteiger charge is -1.88. The van der Waals surface area contributed by atoms with Gasteiger partial charge in [-0.25, -0.2) is 0 Å². The zero-order valence-corrected chi connectivity index (χ0v) is 8.68. The number of anilines is 1. The van der Waals surface area contributed by atoms with Crippen molar-refractivity contribution in [1.82, 2.24) is 4.57 Å². The van der Waals surface area contributed by atoms with E-state index in [1.165, 1.54) is 0 Å². The van der Waals surface area contributed by atoms with Crippen molar-refractivity contribution in [1.29, 1.82) is 0 Å². The molecule has 0 saturated carbocycles. The lowest BCUT2D eigenvalue weighted by molar-refractivity contribution is 0.902. The standard InChI is InChI=1S/C6H6N2OS2.ClH/c1-8-3-2-10-11-5(3)4(7)6(8)9;/h2H,7H2,1H3;1H. The summed E-state index contributed by atoms with van der Waals surface area (Å²) in [6.45, 7) is 0. The van der Waals surface area contributed by atoms with Gasteiger partial charge in [-0.2, -0.15) is 0 Å². The zero-order valence-electron chi connectivity index (χ0n) is 6.23. The first-order chi connectivity index (χ1) is 5.22. The number of nitrogens with zero attached hydrogens (tertiary/aromatic N) is 1. The van der Waals surface area contributed by atoms with Crippen LogP contribution in [-0.2, 0) is 7.05 Å². The van der Waals surface area contributed by atoms with Gasteiger partial charge in [0, 0.05) is 12.4 Å². The summed E-state index contributed by atoms with van der Waals surface area (Å²) < 4.78 is 1.58. The van der Waals surface area contributed by atoms with Gasteiger partial charge in [0.25, 0.3) is 5.56 Å². The van der Waals surface area contributed by atoms with E-state index >= 15 is 0 Å². The van der Waals surface area contributed by atoms with Gasteiger partial charge in [-0.05, 0) is 0 Å². The molecule has 0 bridgehead atoms. The minimum Gasteiger partial charge on any atom is -0.393 e. The van der Waals surface area contributed by atoms with Crippen molar-refractivity contribution in [3.63, 3.8) is 0 Å². The molecule has 0 aromatic carbocycles. The van der Waals surface area contributed by atoms with Crippen molar-refractivity contribution in [3.8, 4) is 10.6 Å². The van der Waals surface area contributed by atoms with E-state index in [0.29, 0.717) is 5.69 Å². The summed E-state index contributed by atoms with van der Waals surface area (Å²) in [6, 6.07) is 0. The number of fused-ring (bicyclic) bond motifs is 1. The molecule has 6 heteroatoms. The van der Waals surface area contributed by atoms with E-state index in [2.05, 4.69) is 0 Å². The van der Waals surface area contributed by atoms with Gasteiger partial charge in [0.2, 0.25) is 0 Å². The van der Waals surface area contributed by atoms with E-state index in [0.717, 1.165) is 10.6 Å². The Hall–Kier alpha value is -0.520. The Morgan fingerprint density at radius 3 is 2.83 bits per heavy atom. The number of hydrogen-bond acceptors (Lipinski definition) is 4. The molecule has 0 amide bonds. The van der Waals surface area contributed by atoms with Gasteiger partial charge in [-0.3, -0.25) is 4.79 Å². The zero-order chi connectivity index (χ0) is 8.01. The molecule has 0 atom stereocenters. The first kappa shape index (κ1) is 9.57. The molecule has 0 saturated heterocycles. The van der Waals surface area contributed by atoms with Gasteiger partial charge >= 0.3 is 0 Å². The molecule has 0 aromatic heterocycles. The molecule has 0 unspecified atom stereocenters. The highest BCUT2D eigenvalue weighted by molar-refractivity contribution is 7.70. The van der Waals surface area contributed by atoms with Crippen LogP contribution in [0.15, 0.2) is 10.2 Å². The van der Waals surface area contributed by atoms with E-state index in [-0.39, 0.29) is 18.0 Å². The smallest absolute Gasteiger partial charge is 0.275 e. The Morgan fingerprint density at radius 2 is 2.25 bits per heavy atom. The van der Waals surface area contributed by atoms with Crippen LogP contribution in [0.3, 0.4) is 0 Å². The molecule has 0 aliphatic carbocycles. The van der Waals surface area contributed by atoms with Crippen molar-refractivity contribution >= 4 is 38.8 Å². The predicted molar refractivity (Wildman–Crippen MR) is 55.7 cm³/mol. The van der Waals surface area contributed by atoms with E-state index in [9.17, 15) is 4.79 Å². The van der Waals surface area contributed by atoms with Crippen molar-refractivity contribution in [3.05, 3.63) is 15.7 Å². The third kappa shape index (κ3) is 1.05. The summed E-state index contributed by atoms with van der Waals surface area (Å²) in [6.07, 6.45) is 0. The van der Waals surface area contributed by atoms with Crippen molar-refractivity contribution < 1.29 is 0 Å². The van der Waals surface area contributed by atoms with E-state index in [1.807, 2.05) is 5.38 Å². The molecule has 3 nitrogen and oxygen atoms in total. The quantitative estimate of drug-likeness (QED) is 0.689. The lowest BCUT2D eigenvalue weighted by atomic mass is 10.4. The average molecular weight is 223 g/mol. The second-order valence-corrected chi connectivity index (χ2v) is 4.37. The van der Waals surface area contributed by atoms with Crippen LogP contribution in [0.5, 0.6) is 0 Å². The number of halogens is 1. The number of nitrogen functional groups attached to an aromatic ring is 1. The highest BCUT2D eigenvalue weighted by Crippen LogP contribution is 2.34. The first-order valence-electron chi connectivity index (χ1n) is 3.03. The molecule has 2 aliphatic rings. The molecule has 66 valence electrons. The normalized spacial score (nSPS) is 10.1. The highest BCUT2D eigenvalue weighted by atomic mass is 35.5. The summed E-state index contributed by atoms with van der Waals surface area (Å²) in [5, 5.41) is 1.94. The van der Waals surface area contributed by atoms with Crippen molar-refractivity contribution in [2.75, 3.05) is 5.73 Å². The van der Waals surface area contributed by atoms with Crippen LogP contribution in [0.2, 0.25) is 0 Å². The van der Waals surface area contributed by atoms with Crippen molar-refractivity contribution in [2.24, 2.45) is 7.05 Å². The largest absolute Gasteiger partial charge is 0.393 e. The maximum absolute atomic E-state index is 11.2. The van der Waals surface area contributed by atoms with Crippen LogP contribution < -0.4 is 11.3 Å². The Labute approximate surface area is 82.6 Å². The molecule has 0 aromatic rings. The van der Waals surface area contributed by atoms with Gasteiger partial charge in [-0.1, -0.05) is 20.7 Å². The van der Waals surface area contributed by atoms with Crippen molar-refractivity contribution in [2.45, 2.75) is 0 Å². The van der Waals surface area contributed by atoms with Crippen LogP contribution in [0.25, 0.3) is 10.6 Å². The molecule has 0 radical (unpaired) electrons. The maximum Gasteiger partial charge on any atom is 0.275 e. The van der Waals surface area contributed by atoms with Gasteiger partial charge in [0.1, 0.15) is 5.69 Å². The van der Waals surface area contributed by atoms with Gasteiger partial charge < -0.3 is 10.3 Å². The molecular formula is C6H7ClN2OS2. The fourth-order valence-electron chi connectivity index (χ4n) is 1.02. The van der Waals surface area contributed by atoms with Gasteiger partial charge in [0.15, 0.2) is 0 Å². The summed E-state index contributed by atoms with van der Waals surface area (Å²) in [5.74, 6) is 0. The van der Waals surface area contributed by atoms with E-state index in [1.54, 1.807) is 32.3 Å². The Morgan fingerprint density at radius 1 is 1.58 bits per heavy atom. The van der Waals surface area contributed by atoms with E-state index < -0.39 is 0 Å². The third-order valence-electron chi connectivity index (χ3n) is 1.66. The Kier molecular flexibility index (Phi) is 2.46. The van der Waals surface area contributed by atoms with Crippen LogP contribution in [0.1, 0.15) is 0 Å². The molecule has 0 spiro atoms.